The predicted molar refractivity (Wildman–Crippen MR) is 125 cm³/mol. The summed E-state index contributed by atoms with van der Waals surface area (Å²) in [6, 6.07) is 23.6. The maximum Gasteiger partial charge on any atom is 0.329 e. The van der Waals surface area contributed by atoms with Crippen LogP contribution in [0.2, 0.25) is 0 Å². The van der Waals surface area contributed by atoms with Crippen LogP contribution in [0.1, 0.15) is 16.7 Å². The van der Waals surface area contributed by atoms with E-state index in [-0.39, 0.29) is 12.2 Å². The van der Waals surface area contributed by atoms with Crippen LogP contribution >= 0.6 is 0 Å². The molecule has 1 aliphatic rings. The average molecular weight is 441 g/mol. The van der Waals surface area contributed by atoms with Crippen molar-refractivity contribution < 1.29 is 19.1 Å². The first-order valence-corrected chi connectivity index (χ1v) is 10.5. The van der Waals surface area contributed by atoms with Crippen LogP contribution in [-0.2, 0) is 16.2 Å². The van der Waals surface area contributed by atoms with E-state index in [1.807, 2.05) is 61.5 Å². The van der Waals surface area contributed by atoms with Crippen LogP contribution in [0.5, 0.6) is 5.75 Å². The lowest BCUT2D eigenvalue weighted by atomic mass is 10.1. The van der Waals surface area contributed by atoms with Gasteiger partial charge >= 0.3 is 6.03 Å². The van der Waals surface area contributed by atoms with Crippen LogP contribution < -0.4 is 15.4 Å². The summed E-state index contributed by atoms with van der Waals surface area (Å²) in [4.78, 5) is 38.4. The van der Waals surface area contributed by atoms with Gasteiger partial charge in [-0.25, -0.2) is 9.69 Å². The second kappa shape index (κ2) is 9.82. The molecule has 2 N–H and O–H groups in total. The Bertz CT molecular complexity index is 1200. The number of benzene rings is 3. The molecule has 0 aromatic heterocycles. The molecule has 7 nitrogen and oxygen atoms in total. The molecule has 0 spiro atoms. The average Bonchev–Trinajstić information content (AvgIpc) is 3.08. The number of amides is 4. The van der Waals surface area contributed by atoms with E-state index in [0.29, 0.717) is 23.6 Å². The van der Waals surface area contributed by atoms with Crippen molar-refractivity contribution in [2.75, 3.05) is 11.9 Å². The minimum absolute atomic E-state index is 0.0823. The quantitative estimate of drug-likeness (QED) is 0.427. The zero-order valence-corrected chi connectivity index (χ0v) is 18.1. The Morgan fingerprint density at radius 3 is 2.42 bits per heavy atom. The predicted octanol–water partition coefficient (Wildman–Crippen LogP) is 4.11. The highest BCUT2D eigenvalue weighted by molar-refractivity contribution is 6.16. The lowest BCUT2D eigenvalue weighted by molar-refractivity contribution is -0.127. The Balaban J connectivity index is 1.44. The molecule has 3 aromatic rings. The molecule has 1 aliphatic heterocycles. The number of hydrogen-bond acceptors (Lipinski definition) is 4. The molecular weight excluding hydrogens is 418 g/mol. The molecule has 0 radical (unpaired) electrons. The molecule has 1 saturated heterocycles. The second-order valence-corrected chi connectivity index (χ2v) is 7.61. The van der Waals surface area contributed by atoms with Gasteiger partial charge < -0.3 is 15.4 Å². The van der Waals surface area contributed by atoms with Crippen molar-refractivity contribution in [2.45, 2.75) is 13.5 Å². The topological polar surface area (TPSA) is 87.7 Å². The van der Waals surface area contributed by atoms with Crippen LogP contribution in [-0.4, -0.2) is 29.3 Å². The Labute approximate surface area is 191 Å². The maximum absolute atomic E-state index is 12.8. The van der Waals surface area contributed by atoms with E-state index in [9.17, 15) is 14.4 Å². The molecule has 0 unspecified atom stereocenters. The maximum atomic E-state index is 12.8. The van der Waals surface area contributed by atoms with Crippen molar-refractivity contribution in [1.82, 2.24) is 10.2 Å². The third-order valence-electron chi connectivity index (χ3n) is 5.06. The first-order valence-electron chi connectivity index (χ1n) is 10.5. The van der Waals surface area contributed by atoms with Crippen molar-refractivity contribution >= 4 is 29.6 Å². The molecule has 1 heterocycles. The highest BCUT2D eigenvalue weighted by atomic mass is 16.5. The molecule has 4 rings (SSSR count). The van der Waals surface area contributed by atoms with Crippen molar-refractivity contribution in [3.05, 3.63) is 101 Å². The van der Waals surface area contributed by atoms with Crippen molar-refractivity contribution in [2.24, 2.45) is 0 Å². The number of rotatable bonds is 7. The second-order valence-electron chi connectivity index (χ2n) is 7.61. The molecule has 0 atom stereocenters. The number of ether oxygens (including phenoxy) is 1. The van der Waals surface area contributed by atoms with E-state index >= 15 is 0 Å². The number of carbonyl (C=O) groups is 3. The molecular formula is C26H23N3O4. The number of nitrogens with one attached hydrogen (secondary N) is 2. The molecule has 7 heteroatoms. The van der Waals surface area contributed by atoms with E-state index in [4.69, 9.17) is 4.74 Å². The zero-order chi connectivity index (χ0) is 23.2. The van der Waals surface area contributed by atoms with E-state index in [1.165, 1.54) is 0 Å². The Kier molecular flexibility index (Phi) is 6.50. The van der Waals surface area contributed by atoms with Gasteiger partial charge in [-0.2, -0.15) is 0 Å². The molecule has 166 valence electrons. The van der Waals surface area contributed by atoms with Gasteiger partial charge in [0.2, 0.25) is 5.91 Å². The fraction of sp³-hybridized carbons (Fsp3) is 0.115. The lowest BCUT2D eigenvalue weighted by Crippen LogP contribution is -2.38. The van der Waals surface area contributed by atoms with E-state index in [2.05, 4.69) is 10.6 Å². The summed E-state index contributed by atoms with van der Waals surface area (Å²) in [6.07, 6.45) is 1.55. The van der Waals surface area contributed by atoms with Crippen molar-refractivity contribution in [1.29, 1.82) is 0 Å². The van der Waals surface area contributed by atoms with Crippen molar-refractivity contribution in [3.8, 4) is 5.75 Å². The molecule has 0 saturated carbocycles. The number of urea groups is 1. The Hall–Kier alpha value is -4.39. The first-order chi connectivity index (χ1) is 16.0. The van der Waals surface area contributed by atoms with E-state index < -0.39 is 17.8 Å². The van der Waals surface area contributed by atoms with Gasteiger partial charge in [0.05, 0.1) is 0 Å². The number of carbonyl (C=O) groups excluding carboxylic acids is 3. The molecule has 4 amide bonds. The number of para-hydroxylation sites is 1. The van der Waals surface area contributed by atoms with Gasteiger partial charge in [0.1, 0.15) is 24.6 Å². The molecule has 3 aromatic carbocycles. The molecule has 0 bridgehead atoms. The van der Waals surface area contributed by atoms with E-state index in [1.54, 1.807) is 30.3 Å². The lowest BCUT2D eigenvalue weighted by Gasteiger charge is -2.12. The summed E-state index contributed by atoms with van der Waals surface area (Å²) < 4.78 is 5.92. The summed E-state index contributed by atoms with van der Waals surface area (Å²) in [5.41, 5.74) is 3.39. The van der Waals surface area contributed by atoms with Crippen LogP contribution in [0.4, 0.5) is 10.5 Å². The SMILES string of the molecule is Cc1ccc(NC(=O)CN2C(=O)N/C(=C/c3ccccc3OCc3ccccc3)C2=O)cc1. The standard InChI is InChI=1S/C26H23N3O4/c1-18-11-13-21(14-12-18)27-24(30)16-29-25(31)22(28-26(29)32)15-20-9-5-6-10-23(20)33-17-19-7-3-2-4-8-19/h2-15H,16-17H2,1H3,(H,27,30)(H,28,32)/b22-15+. The fourth-order valence-corrected chi connectivity index (χ4v) is 3.32. The molecule has 1 fully saturated rings. The number of nitrogens with zero attached hydrogens (tertiary/aromatic N) is 1. The minimum Gasteiger partial charge on any atom is -0.488 e. The Morgan fingerprint density at radius 1 is 0.970 bits per heavy atom. The van der Waals surface area contributed by atoms with Gasteiger partial charge in [-0.05, 0) is 36.8 Å². The highest BCUT2D eigenvalue weighted by Crippen LogP contribution is 2.23. The Morgan fingerprint density at radius 2 is 1.67 bits per heavy atom. The number of imide groups is 1. The summed E-state index contributed by atoms with van der Waals surface area (Å²) in [5.74, 6) is -0.460. The van der Waals surface area contributed by atoms with Gasteiger partial charge in [0.25, 0.3) is 5.91 Å². The van der Waals surface area contributed by atoms with Gasteiger partial charge in [-0.15, -0.1) is 0 Å². The minimum atomic E-state index is -0.645. The molecule has 33 heavy (non-hydrogen) atoms. The van der Waals surface area contributed by atoms with Gasteiger partial charge in [-0.3, -0.25) is 9.59 Å². The van der Waals surface area contributed by atoms with Crippen LogP contribution in [0.25, 0.3) is 6.08 Å². The van der Waals surface area contributed by atoms with Crippen LogP contribution in [0.15, 0.2) is 84.6 Å². The zero-order valence-electron chi connectivity index (χ0n) is 18.1. The third-order valence-corrected chi connectivity index (χ3v) is 5.06. The number of anilines is 1. The summed E-state index contributed by atoms with van der Waals surface area (Å²) in [6.45, 7) is 1.92. The number of aryl methyl sites for hydroxylation is 1. The van der Waals surface area contributed by atoms with Gasteiger partial charge in [0.15, 0.2) is 0 Å². The largest absolute Gasteiger partial charge is 0.488 e. The normalized spacial score (nSPS) is 14.3. The van der Waals surface area contributed by atoms with E-state index in [0.717, 1.165) is 16.0 Å². The molecule has 0 aliphatic carbocycles. The van der Waals surface area contributed by atoms with Crippen LogP contribution in [0.3, 0.4) is 0 Å². The third kappa shape index (κ3) is 5.46. The first kappa shape index (κ1) is 21.8. The summed E-state index contributed by atoms with van der Waals surface area (Å²) in [5, 5.41) is 5.23. The van der Waals surface area contributed by atoms with Gasteiger partial charge in [-0.1, -0.05) is 66.2 Å². The smallest absolute Gasteiger partial charge is 0.329 e. The van der Waals surface area contributed by atoms with Gasteiger partial charge in [0, 0.05) is 11.3 Å². The summed E-state index contributed by atoms with van der Waals surface area (Å²) >= 11 is 0. The number of hydrogen-bond donors (Lipinski definition) is 2. The summed E-state index contributed by atoms with van der Waals surface area (Å²) in [7, 11) is 0. The highest BCUT2D eigenvalue weighted by Gasteiger charge is 2.35. The van der Waals surface area contributed by atoms with Crippen LogP contribution in [0, 0.1) is 6.92 Å². The van der Waals surface area contributed by atoms with Crippen molar-refractivity contribution in [3.63, 3.8) is 0 Å². The fourth-order valence-electron chi connectivity index (χ4n) is 3.32. The monoisotopic (exact) mass is 441 g/mol.